The number of halogens is 3. The number of hydrogen-bond donors (Lipinski definition) is 4. The number of carbonyl (C=O) groups excluding carboxylic acids is 1. The van der Waals surface area contributed by atoms with Crippen LogP contribution < -0.4 is 10.6 Å². The third-order valence-corrected chi connectivity index (χ3v) is 3.54. The highest BCUT2D eigenvalue weighted by Crippen LogP contribution is 2.19. The van der Waals surface area contributed by atoms with Crippen molar-refractivity contribution < 1.29 is 27.9 Å². The number of aromatic nitrogens is 3. The van der Waals surface area contributed by atoms with Gasteiger partial charge in [0.2, 0.25) is 5.91 Å². The second kappa shape index (κ2) is 8.06. The van der Waals surface area contributed by atoms with E-state index in [4.69, 9.17) is 5.11 Å². The molecule has 0 aliphatic rings. The minimum Gasteiger partial charge on any atom is -0.477 e. The summed E-state index contributed by atoms with van der Waals surface area (Å²) in [6.45, 7) is 1.93. The van der Waals surface area contributed by atoms with Crippen molar-refractivity contribution in [3.05, 3.63) is 30.2 Å². The Morgan fingerprint density at radius 2 is 2.04 bits per heavy atom. The number of alkyl halides is 3. The Balaban J connectivity index is 2.16. The maximum Gasteiger partial charge on any atom is 0.405 e. The number of rotatable bonds is 7. The summed E-state index contributed by atoms with van der Waals surface area (Å²) in [6.07, 6.45) is -1.70. The molecule has 2 heterocycles. The summed E-state index contributed by atoms with van der Waals surface area (Å²) in [6, 6.07) is 1.86. The fourth-order valence-electron chi connectivity index (χ4n) is 2.22. The smallest absolute Gasteiger partial charge is 0.405 e. The molecular weight excluding hydrogens is 367 g/mol. The number of carbonyl (C=O) groups is 2. The molecule has 0 bridgehead atoms. The quantitative estimate of drug-likeness (QED) is 0.580. The Morgan fingerprint density at radius 1 is 1.33 bits per heavy atom. The van der Waals surface area contributed by atoms with E-state index in [0.717, 1.165) is 0 Å². The van der Waals surface area contributed by atoms with E-state index in [9.17, 15) is 22.8 Å². The fourth-order valence-corrected chi connectivity index (χ4v) is 2.22. The lowest BCUT2D eigenvalue weighted by atomic mass is 10.0. The molecular formula is C16H18F3N5O3. The normalized spacial score (nSPS) is 12.7. The molecule has 0 aliphatic heterocycles. The van der Waals surface area contributed by atoms with Crippen LogP contribution in [0.25, 0.3) is 11.4 Å². The SMILES string of the molecule is CC(C)[C@@H](Nc1ccnc(-c2c[nH]c(C(=O)O)c2)n1)C(=O)NCC(F)(F)F. The van der Waals surface area contributed by atoms with Crippen LogP contribution in [0.1, 0.15) is 24.3 Å². The molecule has 0 unspecified atom stereocenters. The van der Waals surface area contributed by atoms with Crippen molar-refractivity contribution in [3.8, 4) is 11.4 Å². The Morgan fingerprint density at radius 3 is 2.59 bits per heavy atom. The zero-order chi connectivity index (χ0) is 20.2. The molecule has 146 valence electrons. The Kier molecular flexibility index (Phi) is 6.03. The number of hydrogen-bond acceptors (Lipinski definition) is 5. The molecule has 0 radical (unpaired) electrons. The number of carboxylic acid groups (broad SMARTS) is 1. The largest absolute Gasteiger partial charge is 0.477 e. The molecule has 2 aromatic rings. The first kappa shape index (κ1) is 20.2. The topological polar surface area (TPSA) is 120 Å². The van der Waals surface area contributed by atoms with E-state index in [2.05, 4.69) is 20.3 Å². The molecule has 2 rings (SSSR count). The molecule has 0 fully saturated rings. The van der Waals surface area contributed by atoms with Crippen LogP contribution in [0, 0.1) is 5.92 Å². The van der Waals surface area contributed by atoms with E-state index in [1.165, 1.54) is 24.5 Å². The van der Waals surface area contributed by atoms with Crippen molar-refractivity contribution in [2.24, 2.45) is 5.92 Å². The van der Waals surface area contributed by atoms with Gasteiger partial charge >= 0.3 is 12.1 Å². The molecule has 8 nitrogen and oxygen atoms in total. The van der Waals surface area contributed by atoms with E-state index in [1.807, 2.05) is 5.32 Å². The second-order valence-electron chi connectivity index (χ2n) is 6.07. The Labute approximate surface area is 152 Å². The molecule has 0 saturated carbocycles. The van der Waals surface area contributed by atoms with Gasteiger partial charge in [-0.2, -0.15) is 13.2 Å². The van der Waals surface area contributed by atoms with Crippen LogP contribution >= 0.6 is 0 Å². The average Bonchev–Trinajstić information content (AvgIpc) is 3.07. The minimum absolute atomic E-state index is 0.0430. The van der Waals surface area contributed by atoms with Crippen LogP contribution in [0.15, 0.2) is 24.5 Å². The molecule has 2 aromatic heterocycles. The monoisotopic (exact) mass is 385 g/mol. The summed E-state index contributed by atoms with van der Waals surface area (Å²) < 4.78 is 36.9. The van der Waals surface area contributed by atoms with Gasteiger partial charge in [0.15, 0.2) is 5.82 Å². The van der Waals surface area contributed by atoms with Gasteiger partial charge in [0.25, 0.3) is 0 Å². The third kappa shape index (κ3) is 5.69. The lowest BCUT2D eigenvalue weighted by molar-refractivity contribution is -0.139. The van der Waals surface area contributed by atoms with Gasteiger partial charge < -0.3 is 20.7 Å². The van der Waals surface area contributed by atoms with Gasteiger partial charge in [0.1, 0.15) is 24.1 Å². The second-order valence-corrected chi connectivity index (χ2v) is 6.07. The number of nitrogens with one attached hydrogen (secondary N) is 3. The summed E-state index contributed by atoms with van der Waals surface area (Å²) in [5, 5.41) is 13.6. The zero-order valence-electron chi connectivity index (χ0n) is 14.5. The highest BCUT2D eigenvalue weighted by Gasteiger charge is 2.30. The third-order valence-electron chi connectivity index (χ3n) is 3.54. The summed E-state index contributed by atoms with van der Waals surface area (Å²) in [5.74, 6) is -1.85. The summed E-state index contributed by atoms with van der Waals surface area (Å²) >= 11 is 0. The number of aromatic amines is 1. The fraction of sp³-hybridized carbons (Fsp3) is 0.375. The molecule has 0 saturated heterocycles. The van der Waals surface area contributed by atoms with Crippen LogP contribution in [0.3, 0.4) is 0 Å². The van der Waals surface area contributed by atoms with Crippen molar-refractivity contribution >= 4 is 17.7 Å². The Hall–Kier alpha value is -3.11. The van der Waals surface area contributed by atoms with Crippen LogP contribution in [-0.2, 0) is 4.79 Å². The van der Waals surface area contributed by atoms with E-state index in [0.29, 0.717) is 5.56 Å². The maximum atomic E-state index is 12.3. The minimum atomic E-state index is -4.50. The number of anilines is 1. The van der Waals surface area contributed by atoms with Gasteiger partial charge in [-0.1, -0.05) is 13.8 Å². The standard InChI is InChI=1S/C16H18F3N5O3/c1-8(2)12(14(25)22-7-16(17,18)19)23-11-3-4-20-13(24-11)9-5-10(15(26)27)21-6-9/h3-6,8,12,21H,7H2,1-2H3,(H,22,25)(H,26,27)(H,20,23,24)/t12-/m1/s1. The van der Waals surface area contributed by atoms with Crippen LogP contribution in [-0.4, -0.2) is 50.7 Å². The average molecular weight is 385 g/mol. The first-order valence-electron chi connectivity index (χ1n) is 7.93. The Bertz CT molecular complexity index is 820. The summed E-state index contributed by atoms with van der Waals surface area (Å²) in [5.41, 5.74) is 0.372. The lowest BCUT2D eigenvalue weighted by Gasteiger charge is -2.22. The number of carboxylic acids is 1. The molecule has 1 amide bonds. The molecule has 11 heteroatoms. The highest BCUT2D eigenvalue weighted by molar-refractivity contribution is 5.87. The van der Waals surface area contributed by atoms with E-state index in [1.54, 1.807) is 13.8 Å². The van der Waals surface area contributed by atoms with E-state index in [-0.39, 0.29) is 23.3 Å². The number of nitrogens with zero attached hydrogens (tertiary/aromatic N) is 2. The van der Waals surface area contributed by atoms with Gasteiger partial charge in [0, 0.05) is 18.0 Å². The maximum absolute atomic E-state index is 12.3. The van der Waals surface area contributed by atoms with Gasteiger partial charge in [-0.25, -0.2) is 14.8 Å². The van der Waals surface area contributed by atoms with Crippen molar-refractivity contribution in [3.63, 3.8) is 0 Å². The van der Waals surface area contributed by atoms with Gasteiger partial charge in [-0.05, 0) is 18.1 Å². The van der Waals surface area contributed by atoms with E-state index >= 15 is 0 Å². The number of amides is 1. The predicted octanol–water partition coefficient (Wildman–Crippen LogP) is 2.28. The van der Waals surface area contributed by atoms with Crippen molar-refractivity contribution in [1.29, 1.82) is 0 Å². The summed E-state index contributed by atoms with van der Waals surface area (Å²) in [7, 11) is 0. The van der Waals surface area contributed by atoms with Crippen molar-refractivity contribution in [1.82, 2.24) is 20.3 Å². The van der Waals surface area contributed by atoms with Crippen molar-refractivity contribution in [2.75, 3.05) is 11.9 Å². The predicted molar refractivity (Wildman–Crippen MR) is 90.1 cm³/mol. The van der Waals surface area contributed by atoms with Gasteiger partial charge in [-0.15, -0.1) is 0 Å². The number of aromatic carboxylic acids is 1. The van der Waals surface area contributed by atoms with Crippen LogP contribution in [0.4, 0.5) is 19.0 Å². The lowest BCUT2D eigenvalue weighted by Crippen LogP contribution is -2.46. The molecule has 4 N–H and O–H groups in total. The first-order chi connectivity index (χ1) is 12.6. The zero-order valence-corrected chi connectivity index (χ0v) is 14.5. The van der Waals surface area contributed by atoms with Gasteiger partial charge in [-0.3, -0.25) is 4.79 Å². The van der Waals surface area contributed by atoms with Crippen molar-refractivity contribution in [2.45, 2.75) is 26.1 Å². The number of H-pyrrole nitrogens is 1. The van der Waals surface area contributed by atoms with E-state index < -0.39 is 30.6 Å². The molecule has 0 aromatic carbocycles. The molecule has 0 aliphatic carbocycles. The van der Waals surface area contributed by atoms with Gasteiger partial charge in [0.05, 0.1) is 0 Å². The molecule has 0 spiro atoms. The summed E-state index contributed by atoms with van der Waals surface area (Å²) in [4.78, 5) is 33.8. The first-order valence-corrected chi connectivity index (χ1v) is 7.93. The van der Waals surface area contributed by atoms with Crippen LogP contribution in [0.5, 0.6) is 0 Å². The molecule has 27 heavy (non-hydrogen) atoms. The molecule has 1 atom stereocenters. The highest BCUT2D eigenvalue weighted by atomic mass is 19.4. The van der Waals surface area contributed by atoms with Crippen LogP contribution in [0.2, 0.25) is 0 Å².